The van der Waals surface area contributed by atoms with E-state index in [9.17, 15) is 14.4 Å². The van der Waals surface area contributed by atoms with E-state index in [1.807, 2.05) is 0 Å². The van der Waals surface area contributed by atoms with E-state index in [1.165, 1.54) is 19.3 Å². The van der Waals surface area contributed by atoms with E-state index in [0.717, 1.165) is 24.2 Å². The lowest BCUT2D eigenvalue weighted by Crippen LogP contribution is -2.25. The average molecular weight is 336 g/mol. The molecule has 0 spiro atoms. The minimum absolute atomic E-state index is 0.0139. The predicted molar refractivity (Wildman–Crippen MR) is 85.7 cm³/mol. The summed E-state index contributed by atoms with van der Waals surface area (Å²) in [7, 11) is 0. The van der Waals surface area contributed by atoms with Gasteiger partial charge in [-0.05, 0) is 18.8 Å². The van der Waals surface area contributed by atoms with Gasteiger partial charge in [-0.3, -0.25) is 14.4 Å². The Morgan fingerprint density at radius 1 is 1.22 bits per heavy atom. The van der Waals surface area contributed by atoms with Gasteiger partial charge in [0.1, 0.15) is 0 Å². The molecular weight excluding hydrogens is 316 g/mol. The number of anilines is 1. The van der Waals surface area contributed by atoms with Crippen LogP contribution in [0.3, 0.4) is 0 Å². The summed E-state index contributed by atoms with van der Waals surface area (Å²) in [6.45, 7) is 0. The van der Waals surface area contributed by atoms with E-state index in [2.05, 4.69) is 10.3 Å². The van der Waals surface area contributed by atoms with E-state index in [-0.39, 0.29) is 24.5 Å². The zero-order valence-electron chi connectivity index (χ0n) is 12.8. The zero-order valence-corrected chi connectivity index (χ0v) is 13.7. The molecule has 0 bridgehead atoms. The molecule has 0 unspecified atom stereocenters. The second-order valence-electron chi connectivity index (χ2n) is 6.42. The molecule has 0 saturated heterocycles. The van der Waals surface area contributed by atoms with Crippen LogP contribution >= 0.6 is 11.3 Å². The van der Waals surface area contributed by atoms with Gasteiger partial charge in [0.05, 0.1) is 16.5 Å². The minimum atomic E-state index is -0.972. The maximum atomic E-state index is 12.1. The van der Waals surface area contributed by atoms with Crippen LogP contribution in [0.1, 0.15) is 60.3 Å². The molecular formula is C16H20N2O4S. The van der Waals surface area contributed by atoms with Gasteiger partial charge in [0.15, 0.2) is 10.9 Å². The summed E-state index contributed by atoms with van der Waals surface area (Å²) in [5.74, 6) is -1.49. The third-order valence-electron chi connectivity index (χ3n) is 4.62. The number of amides is 1. The van der Waals surface area contributed by atoms with Gasteiger partial charge in [0.2, 0.25) is 5.91 Å². The number of Topliss-reactive ketones (excluding diaryl/α,β-unsaturated/α-hetero) is 1. The van der Waals surface area contributed by atoms with Gasteiger partial charge in [-0.1, -0.05) is 30.6 Å². The molecule has 2 aliphatic rings. The number of ketones is 1. The van der Waals surface area contributed by atoms with Crippen molar-refractivity contribution < 1.29 is 19.5 Å². The van der Waals surface area contributed by atoms with E-state index in [1.54, 1.807) is 0 Å². The smallest absolute Gasteiger partial charge is 0.307 e. The molecule has 1 saturated carbocycles. The normalized spacial score (nSPS) is 21.7. The average Bonchev–Trinajstić information content (AvgIpc) is 2.91. The Morgan fingerprint density at radius 2 is 1.96 bits per heavy atom. The molecule has 1 fully saturated rings. The first-order valence-corrected chi connectivity index (χ1v) is 8.90. The Hall–Kier alpha value is -1.76. The minimum Gasteiger partial charge on any atom is -0.481 e. The molecule has 1 heterocycles. The molecule has 7 heteroatoms. The standard InChI is InChI=1S/C16H20N2O4S/c19-12-8-10(15(21)22)7-11-14(12)23-16(17-11)18-13(20)6-9-4-2-1-3-5-9/h9-10H,1-8H2,(H,21,22)(H,17,18,20)/t10-/m0/s1. The molecule has 1 aromatic heterocycles. The monoisotopic (exact) mass is 336 g/mol. The topological polar surface area (TPSA) is 96.4 Å². The maximum Gasteiger partial charge on any atom is 0.307 e. The summed E-state index contributed by atoms with van der Waals surface area (Å²) in [6, 6.07) is 0. The molecule has 2 aliphatic carbocycles. The second-order valence-corrected chi connectivity index (χ2v) is 7.42. The van der Waals surface area contributed by atoms with Gasteiger partial charge >= 0.3 is 5.97 Å². The van der Waals surface area contributed by atoms with Gasteiger partial charge in [0, 0.05) is 19.3 Å². The maximum absolute atomic E-state index is 12.1. The molecule has 2 N–H and O–H groups in total. The molecule has 6 nitrogen and oxygen atoms in total. The first kappa shape index (κ1) is 16.1. The van der Waals surface area contributed by atoms with E-state index in [4.69, 9.17) is 5.11 Å². The molecule has 1 aromatic rings. The van der Waals surface area contributed by atoms with Gasteiger partial charge in [0.25, 0.3) is 0 Å². The molecule has 3 rings (SSSR count). The lowest BCUT2D eigenvalue weighted by molar-refractivity contribution is -0.141. The Bertz CT molecular complexity index is 634. The summed E-state index contributed by atoms with van der Waals surface area (Å²) in [6.07, 6.45) is 6.59. The van der Waals surface area contributed by atoms with Crippen molar-refractivity contribution in [1.29, 1.82) is 0 Å². The van der Waals surface area contributed by atoms with Crippen LogP contribution in [-0.2, 0) is 16.0 Å². The van der Waals surface area contributed by atoms with Crippen molar-refractivity contribution in [3.8, 4) is 0 Å². The summed E-state index contributed by atoms with van der Waals surface area (Å²) in [5, 5.41) is 12.3. The van der Waals surface area contributed by atoms with E-state index in [0.29, 0.717) is 28.0 Å². The lowest BCUT2D eigenvalue weighted by atomic mass is 9.87. The summed E-state index contributed by atoms with van der Waals surface area (Å²) >= 11 is 1.16. The Morgan fingerprint density at radius 3 is 2.65 bits per heavy atom. The number of carbonyl (C=O) groups is 3. The molecule has 1 amide bonds. The number of hydrogen-bond donors (Lipinski definition) is 2. The van der Waals surface area contributed by atoms with Crippen LogP contribution in [0.5, 0.6) is 0 Å². The lowest BCUT2D eigenvalue weighted by Gasteiger charge is -2.20. The summed E-state index contributed by atoms with van der Waals surface area (Å²) in [5.41, 5.74) is 0.506. The van der Waals surface area contributed by atoms with Crippen LogP contribution in [0.4, 0.5) is 5.13 Å². The number of carboxylic acids is 1. The number of fused-ring (bicyclic) bond motifs is 1. The van der Waals surface area contributed by atoms with Gasteiger partial charge in [-0.15, -0.1) is 0 Å². The highest BCUT2D eigenvalue weighted by molar-refractivity contribution is 7.17. The SMILES string of the molecule is O=C(CC1CCCCC1)Nc1nc2c(s1)C(=O)C[C@@H](C(=O)O)C2. The fraction of sp³-hybridized carbons (Fsp3) is 0.625. The number of nitrogens with zero attached hydrogens (tertiary/aromatic N) is 1. The Balaban J connectivity index is 1.63. The summed E-state index contributed by atoms with van der Waals surface area (Å²) < 4.78 is 0. The first-order chi connectivity index (χ1) is 11.0. The van der Waals surface area contributed by atoms with Crippen LogP contribution in [-0.4, -0.2) is 27.8 Å². The number of hydrogen-bond acceptors (Lipinski definition) is 5. The highest BCUT2D eigenvalue weighted by Crippen LogP contribution is 2.33. The number of rotatable bonds is 4. The molecule has 0 aromatic carbocycles. The van der Waals surface area contributed by atoms with Crippen molar-refractivity contribution in [2.75, 3.05) is 5.32 Å². The van der Waals surface area contributed by atoms with E-state index < -0.39 is 11.9 Å². The predicted octanol–water partition coefficient (Wildman–Crippen LogP) is 2.88. The fourth-order valence-corrected chi connectivity index (χ4v) is 4.34. The number of thiazole rings is 1. The van der Waals surface area contributed by atoms with Crippen LogP contribution in [0, 0.1) is 11.8 Å². The Kier molecular flexibility index (Phi) is 4.75. The number of aliphatic carboxylic acids is 1. The molecule has 124 valence electrons. The quantitative estimate of drug-likeness (QED) is 0.881. The van der Waals surface area contributed by atoms with Crippen LogP contribution in [0.2, 0.25) is 0 Å². The number of carboxylic acid groups (broad SMARTS) is 1. The third-order valence-corrected chi connectivity index (χ3v) is 5.67. The van der Waals surface area contributed by atoms with Crippen molar-refractivity contribution in [3.05, 3.63) is 10.6 Å². The second kappa shape index (κ2) is 6.78. The third kappa shape index (κ3) is 3.77. The van der Waals surface area contributed by atoms with Gasteiger partial charge < -0.3 is 10.4 Å². The molecule has 0 aliphatic heterocycles. The van der Waals surface area contributed by atoms with Crippen molar-refractivity contribution in [3.63, 3.8) is 0 Å². The van der Waals surface area contributed by atoms with Crippen LogP contribution < -0.4 is 5.32 Å². The van der Waals surface area contributed by atoms with Crippen molar-refractivity contribution in [2.45, 2.75) is 51.4 Å². The molecule has 0 radical (unpaired) electrons. The van der Waals surface area contributed by atoms with Crippen LogP contribution in [0.15, 0.2) is 0 Å². The first-order valence-electron chi connectivity index (χ1n) is 8.08. The van der Waals surface area contributed by atoms with Crippen molar-refractivity contribution >= 4 is 34.1 Å². The van der Waals surface area contributed by atoms with Crippen LogP contribution in [0.25, 0.3) is 0 Å². The van der Waals surface area contributed by atoms with Crippen molar-refractivity contribution in [1.82, 2.24) is 4.98 Å². The highest BCUT2D eigenvalue weighted by atomic mass is 32.1. The number of nitrogens with one attached hydrogen (secondary N) is 1. The van der Waals surface area contributed by atoms with Gasteiger partial charge in [-0.25, -0.2) is 4.98 Å². The van der Waals surface area contributed by atoms with E-state index >= 15 is 0 Å². The van der Waals surface area contributed by atoms with Gasteiger partial charge in [-0.2, -0.15) is 0 Å². The summed E-state index contributed by atoms with van der Waals surface area (Å²) in [4.78, 5) is 40.0. The highest BCUT2D eigenvalue weighted by Gasteiger charge is 2.33. The number of carbonyl (C=O) groups excluding carboxylic acids is 2. The van der Waals surface area contributed by atoms with Crippen molar-refractivity contribution in [2.24, 2.45) is 11.8 Å². The molecule has 1 atom stereocenters. The zero-order chi connectivity index (χ0) is 16.4. The molecule has 23 heavy (non-hydrogen) atoms. The number of aromatic nitrogens is 1. The Labute approximate surface area is 138 Å². The largest absolute Gasteiger partial charge is 0.481 e. The fourth-order valence-electron chi connectivity index (χ4n) is 3.38.